The molecule has 1 aliphatic carbocycles. The average molecular weight is 383 g/mol. The van der Waals surface area contributed by atoms with E-state index in [2.05, 4.69) is 31.5 Å². The van der Waals surface area contributed by atoms with Crippen LogP contribution in [0.3, 0.4) is 0 Å². The zero-order valence-corrected chi connectivity index (χ0v) is 14.4. The summed E-state index contributed by atoms with van der Waals surface area (Å²) in [6.45, 7) is 0.713. The summed E-state index contributed by atoms with van der Waals surface area (Å²) in [4.78, 5) is 16.1. The van der Waals surface area contributed by atoms with E-state index in [9.17, 15) is 4.79 Å². The summed E-state index contributed by atoms with van der Waals surface area (Å²) in [7, 11) is 0. The number of carbonyl (C=O) groups excluding carboxylic acids is 1. The van der Waals surface area contributed by atoms with Crippen LogP contribution >= 0.6 is 27.5 Å². The van der Waals surface area contributed by atoms with Gasteiger partial charge in [0.1, 0.15) is 5.82 Å². The summed E-state index contributed by atoms with van der Waals surface area (Å²) >= 11 is 9.64. The Balaban J connectivity index is 1.54. The molecule has 0 aliphatic heterocycles. The van der Waals surface area contributed by atoms with E-state index in [-0.39, 0.29) is 5.91 Å². The number of rotatable bonds is 6. The Morgan fingerprint density at radius 1 is 1.36 bits per heavy atom. The van der Waals surface area contributed by atoms with Crippen molar-refractivity contribution in [2.45, 2.75) is 31.7 Å². The molecule has 1 fully saturated rings. The maximum Gasteiger partial charge on any atom is 0.220 e. The van der Waals surface area contributed by atoms with Gasteiger partial charge in [-0.1, -0.05) is 27.5 Å². The molecule has 1 saturated carbocycles. The predicted octanol–water partition coefficient (Wildman–Crippen LogP) is 4.12. The van der Waals surface area contributed by atoms with Gasteiger partial charge >= 0.3 is 0 Å². The lowest BCUT2D eigenvalue weighted by Gasteiger charge is -2.08. The number of fused-ring (bicyclic) bond motifs is 1. The minimum absolute atomic E-state index is 0.142. The molecular formula is C16H17BrClN3O. The highest BCUT2D eigenvalue weighted by Gasteiger charge is 2.22. The zero-order valence-electron chi connectivity index (χ0n) is 12.0. The molecule has 2 aromatic rings. The van der Waals surface area contributed by atoms with Crippen molar-refractivity contribution in [2.24, 2.45) is 0 Å². The number of anilines is 1. The lowest BCUT2D eigenvalue weighted by molar-refractivity contribution is -0.121. The molecule has 1 aromatic carbocycles. The van der Waals surface area contributed by atoms with Gasteiger partial charge in [-0.15, -0.1) is 0 Å². The highest BCUT2D eigenvalue weighted by atomic mass is 79.9. The molecule has 1 heterocycles. The molecule has 116 valence electrons. The van der Waals surface area contributed by atoms with Crippen LogP contribution in [0.25, 0.3) is 10.9 Å². The summed E-state index contributed by atoms with van der Waals surface area (Å²) in [6.07, 6.45) is 3.58. The standard InChI is InChI=1S/C16H17BrClN3O/c17-11-8-10-3-6-14(21-16(10)13(18)9-11)19-7-1-2-15(22)20-12-4-5-12/h3,6,8-9,12H,1-2,4-5,7H2,(H,19,21)(H,20,22). The van der Waals surface area contributed by atoms with Crippen molar-refractivity contribution in [3.05, 3.63) is 33.8 Å². The van der Waals surface area contributed by atoms with Gasteiger partial charge in [0, 0.05) is 28.9 Å². The van der Waals surface area contributed by atoms with Crippen LogP contribution < -0.4 is 10.6 Å². The van der Waals surface area contributed by atoms with Crippen molar-refractivity contribution >= 4 is 50.2 Å². The molecule has 0 saturated heterocycles. The average Bonchev–Trinajstić information content (AvgIpc) is 3.28. The van der Waals surface area contributed by atoms with Crippen molar-refractivity contribution in [2.75, 3.05) is 11.9 Å². The van der Waals surface area contributed by atoms with Gasteiger partial charge in [0.05, 0.1) is 10.5 Å². The van der Waals surface area contributed by atoms with Gasteiger partial charge in [0.25, 0.3) is 0 Å². The third-order valence-electron chi connectivity index (χ3n) is 3.54. The SMILES string of the molecule is O=C(CCCNc1ccc2cc(Br)cc(Cl)c2n1)NC1CC1. The largest absolute Gasteiger partial charge is 0.370 e. The number of nitrogens with one attached hydrogen (secondary N) is 2. The van der Waals surface area contributed by atoms with E-state index < -0.39 is 0 Å². The maximum atomic E-state index is 11.6. The molecule has 3 rings (SSSR count). The third kappa shape index (κ3) is 4.11. The van der Waals surface area contributed by atoms with E-state index in [1.165, 1.54) is 0 Å². The molecule has 0 radical (unpaired) electrons. The summed E-state index contributed by atoms with van der Waals surface area (Å²) < 4.78 is 0.939. The minimum atomic E-state index is 0.142. The van der Waals surface area contributed by atoms with Gasteiger partial charge in [0.2, 0.25) is 5.91 Å². The van der Waals surface area contributed by atoms with Crippen LogP contribution in [0.15, 0.2) is 28.7 Å². The Morgan fingerprint density at radius 3 is 2.95 bits per heavy atom. The number of aromatic nitrogens is 1. The molecule has 1 aromatic heterocycles. The summed E-state index contributed by atoms with van der Waals surface area (Å²) in [5.74, 6) is 0.919. The first kappa shape index (κ1) is 15.6. The molecule has 1 amide bonds. The predicted molar refractivity (Wildman–Crippen MR) is 93.3 cm³/mol. The van der Waals surface area contributed by atoms with E-state index in [1.54, 1.807) is 0 Å². The summed E-state index contributed by atoms with van der Waals surface area (Å²) in [5, 5.41) is 7.84. The van der Waals surface area contributed by atoms with Gasteiger partial charge in [-0.2, -0.15) is 0 Å². The van der Waals surface area contributed by atoms with Crippen LogP contribution in [-0.2, 0) is 4.79 Å². The third-order valence-corrected chi connectivity index (χ3v) is 4.29. The maximum absolute atomic E-state index is 11.6. The van der Waals surface area contributed by atoms with Crippen LogP contribution in [0.4, 0.5) is 5.82 Å². The van der Waals surface area contributed by atoms with Crippen LogP contribution in [0.1, 0.15) is 25.7 Å². The first-order chi connectivity index (χ1) is 10.6. The minimum Gasteiger partial charge on any atom is -0.370 e. The summed E-state index contributed by atoms with van der Waals surface area (Å²) in [5.41, 5.74) is 0.779. The second-order valence-electron chi connectivity index (χ2n) is 5.53. The fraction of sp³-hybridized carbons (Fsp3) is 0.375. The second kappa shape index (κ2) is 6.84. The van der Waals surface area contributed by atoms with Gasteiger partial charge in [-0.05, 0) is 43.5 Å². The highest BCUT2D eigenvalue weighted by Crippen LogP contribution is 2.27. The summed E-state index contributed by atoms with van der Waals surface area (Å²) in [6, 6.07) is 8.17. The van der Waals surface area contributed by atoms with Crippen molar-refractivity contribution in [1.29, 1.82) is 0 Å². The van der Waals surface area contributed by atoms with Crippen molar-refractivity contribution in [3.63, 3.8) is 0 Å². The van der Waals surface area contributed by atoms with Gasteiger partial charge in [-0.25, -0.2) is 4.98 Å². The number of pyridine rings is 1. The Morgan fingerprint density at radius 2 is 2.18 bits per heavy atom. The van der Waals surface area contributed by atoms with Crippen molar-refractivity contribution < 1.29 is 4.79 Å². The molecule has 0 atom stereocenters. The smallest absolute Gasteiger partial charge is 0.220 e. The van der Waals surface area contributed by atoms with E-state index in [4.69, 9.17) is 11.6 Å². The molecule has 6 heteroatoms. The topological polar surface area (TPSA) is 54.0 Å². The van der Waals surface area contributed by atoms with E-state index in [0.717, 1.165) is 40.5 Å². The van der Waals surface area contributed by atoms with Crippen LogP contribution in [-0.4, -0.2) is 23.5 Å². The highest BCUT2D eigenvalue weighted by molar-refractivity contribution is 9.10. The molecule has 0 unspecified atom stereocenters. The van der Waals surface area contributed by atoms with Crippen molar-refractivity contribution in [3.8, 4) is 0 Å². The fourth-order valence-corrected chi connectivity index (χ4v) is 3.12. The first-order valence-electron chi connectivity index (χ1n) is 7.41. The molecule has 1 aliphatic rings. The fourth-order valence-electron chi connectivity index (χ4n) is 2.25. The van der Waals surface area contributed by atoms with E-state index >= 15 is 0 Å². The molecule has 22 heavy (non-hydrogen) atoms. The Labute approximate surface area is 142 Å². The van der Waals surface area contributed by atoms with Gasteiger partial charge in [-0.3, -0.25) is 4.79 Å². The number of halogens is 2. The lowest BCUT2D eigenvalue weighted by atomic mass is 10.2. The van der Waals surface area contributed by atoms with Crippen LogP contribution in [0, 0.1) is 0 Å². The Hall–Kier alpha value is -1.33. The van der Waals surface area contributed by atoms with E-state index in [1.807, 2.05) is 24.3 Å². The molecule has 0 bridgehead atoms. The van der Waals surface area contributed by atoms with Crippen LogP contribution in [0.2, 0.25) is 5.02 Å². The lowest BCUT2D eigenvalue weighted by Crippen LogP contribution is -2.25. The monoisotopic (exact) mass is 381 g/mol. The molecule has 4 nitrogen and oxygen atoms in total. The van der Waals surface area contributed by atoms with Gasteiger partial charge < -0.3 is 10.6 Å². The van der Waals surface area contributed by atoms with Crippen LogP contribution in [0.5, 0.6) is 0 Å². The molecule has 0 spiro atoms. The zero-order chi connectivity index (χ0) is 15.5. The Bertz CT molecular complexity index is 703. The number of hydrogen-bond acceptors (Lipinski definition) is 3. The molecular weight excluding hydrogens is 366 g/mol. The quantitative estimate of drug-likeness (QED) is 0.739. The Kier molecular flexibility index (Phi) is 4.84. The first-order valence-corrected chi connectivity index (χ1v) is 8.58. The van der Waals surface area contributed by atoms with E-state index in [0.29, 0.717) is 24.0 Å². The number of carbonyl (C=O) groups is 1. The normalized spacial score (nSPS) is 14.1. The number of amides is 1. The number of benzene rings is 1. The number of nitrogens with zero attached hydrogens (tertiary/aromatic N) is 1. The van der Waals surface area contributed by atoms with Gasteiger partial charge in [0.15, 0.2) is 0 Å². The van der Waals surface area contributed by atoms with Crippen molar-refractivity contribution in [1.82, 2.24) is 10.3 Å². The number of hydrogen-bond donors (Lipinski definition) is 2. The molecule has 2 N–H and O–H groups in total. The second-order valence-corrected chi connectivity index (χ2v) is 6.85.